The van der Waals surface area contributed by atoms with Gasteiger partial charge in [-0.2, -0.15) is 0 Å². The zero-order chi connectivity index (χ0) is 12.4. The molecule has 0 bridgehead atoms. The number of halogens is 1. The van der Waals surface area contributed by atoms with Gasteiger partial charge >= 0.3 is 0 Å². The van der Waals surface area contributed by atoms with Gasteiger partial charge < -0.3 is 4.74 Å². The van der Waals surface area contributed by atoms with Crippen LogP contribution in [0.3, 0.4) is 0 Å². The van der Waals surface area contributed by atoms with Gasteiger partial charge in [0.2, 0.25) is 0 Å². The molecule has 2 aromatic carbocycles. The Balaban J connectivity index is 2.48. The second-order valence-corrected chi connectivity index (χ2v) is 3.91. The van der Waals surface area contributed by atoms with Crippen LogP contribution in [-0.4, -0.2) is 19.1 Å². The molecule has 0 saturated heterocycles. The van der Waals surface area contributed by atoms with Gasteiger partial charge in [0.1, 0.15) is 5.75 Å². The van der Waals surface area contributed by atoms with Gasteiger partial charge in [-0.1, -0.05) is 18.2 Å². The Kier molecular flexibility index (Phi) is 3.09. The smallest absolute Gasteiger partial charge is 0.196 e. The number of hydrogen-bond acceptors (Lipinski definition) is 2. The van der Waals surface area contributed by atoms with Gasteiger partial charge in [0.25, 0.3) is 0 Å². The van der Waals surface area contributed by atoms with Crippen molar-refractivity contribution in [3.05, 3.63) is 42.0 Å². The molecule has 2 nitrogen and oxygen atoms in total. The minimum Gasteiger partial charge on any atom is -0.497 e. The lowest BCUT2D eigenvalue weighted by molar-refractivity contribution is 0.0893. The van der Waals surface area contributed by atoms with Gasteiger partial charge in [0, 0.05) is 5.56 Å². The van der Waals surface area contributed by atoms with Gasteiger partial charge in [-0.05, 0) is 35.9 Å². The third-order valence-corrected chi connectivity index (χ3v) is 2.69. The third kappa shape index (κ3) is 2.28. The minimum atomic E-state index is -1.47. The number of ketones is 1. The highest BCUT2D eigenvalue weighted by Gasteiger charge is 2.13. The van der Waals surface area contributed by atoms with E-state index in [0.29, 0.717) is 5.56 Å². The first-order valence-corrected chi connectivity index (χ1v) is 5.38. The molecule has 3 heteroatoms. The minimum absolute atomic E-state index is 0.401. The Morgan fingerprint density at radius 3 is 2.47 bits per heavy atom. The van der Waals surface area contributed by atoms with Crippen LogP contribution in [0.1, 0.15) is 17.3 Å². The van der Waals surface area contributed by atoms with E-state index in [9.17, 15) is 9.18 Å². The molecule has 88 valence electrons. The van der Waals surface area contributed by atoms with Crippen LogP contribution in [0.25, 0.3) is 10.8 Å². The molecule has 0 aliphatic carbocycles. The molecule has 0 spiro atoms. The van der Waals surface area contributed by atoms with Crippen LogP contribution >= 0.6 is 0 Å². The molecule has 0 saturated carbocycles. The van der Waals surface area contributed by atoms with Crippen LogP contribution in [-0.2, 0) is 0 Å². The van der Waals surface area contributed by atoms with Crippen molar-refractivity contribution in [3.8, 4) is 5.75 Å². The highest BCUT2D eigenvalue weighted by molar-refractivity contribution is 6.02. The maximum absolute atomic E-state index is 12.9. The Morgan fingerprint density at radius 2 is 1.82 bits per heavy atom. The summed E-state index contributed by atoms with van der Waals surface area (Å²) in [5.41, 5.74) is 0.401. The number of alkyl halides is 1. The molecule has 0 fully saturated rings. The van der Waals surface area contributed by atoms with Gasteiger partial charge in [0.15, 0.2) is 12.0 Å². The predicted octanol–water partition coefficient (Wildman–Crippen LogP) is 3.39. The Hall–Kier alpha value is -1.90. The molecule has 17 heavy (non-hydrogen) atoms. The summed E-state index contributed by atoms with van der Waals surface area (Å²) in [5, 5.41) is 1.87. The molecule has 0 amide bonds. The molecule has 1 atom stereocenters. The van der Waals surface area contributed by atoms with Crippen LogP contribution in [0.4, 0.5) is 4.39 Å². The van der Waals surface area contributed by atoms with E-state index in [1.54, 1.807) is 25.3 Å². The lowest BCUT2D eigenvalue weighted by atomic mass is 10.0. The SMILES string of the molecule is COc1ccc2cc(C(=O)C(C)F)ccc2c1. The first kappa shape index (κ1) is 11.6. The Morgan fingerprint density at radius 1 is 1.18 bits per heavy atom. The van der Waals surface area contributed by atoms with Crippen molar-refractivity contribution in [2.75, 3.05) is 7.11 Å². The molecule has 1 unspecified atom stereocenters. The molecule has 0 aromatic heterocycles. The molecule has 2 rings (SSSR count). The first-order valence-electron chi connectivity index (χ1n) is 5.38. The number of rotatable bonds is 3. The summed E-state index contributed by atoms with van der Waals surface area (Å²) >= 11 is 0. The highest BCUT2D eigenvalue weighted by Crippen LogP contribution is 2.22. The summed E-state index contributed by atoms with van der Waals surface area (Å²) in [4.78, 5) is 11.5. The largest absolute Gasteiger partial charge is 0.497 e. The van der Waals surface area contributed by atoms with E-state index in [1.165, 1.54) is 6.92 Å². The molecule has 0 radical (unpaired) electrons. The van der Waals surface area contributed by atoms with Crippen molar-refractivity contribution in [3.63, 3.8) is 0 Å². The van der Waals surface area contributed by atoms with E-state index in [4.69, 9.17) is 4.74 Å². The number of hydrogen-bond donors (Lipinski definition) is 0. The lowest BCUT2D eigenvalue weighted by Gasteiger charge is -2.05. The first-order chi connectivity index (χ1) is 8.11. The summed E-state index contributed by atoms with van der Waals surface area (Å²) in [5.74, 6) is 0.276. The average Bonchev–Trinajstić information content (AvgIpc) is 2.36. The number of carbonyl (C=O) groups excluding carboxylic acids is 1. The third-order valence-electron chi connectivity index (χ3n) is 2.69. The quantitative estimate of drug-likeness (QED) is 0.758. The molecule has 0 heterocycles. The fourth-order valence-electron chi connectivity index (χ4n) is 1.73. The fourth-order valence-corrected chi connectivity index (χ4v) is 1.73. The maximum atomic E-state index is 12.9. The molecule has 2 aromatic rings. The average molecular weight is 232 g/mol. The van der Waals surface area contributed by atoms with Crippen LogP contribution in [0.5, 0.6) is 5.75 Å². The number of fused-ring (bicyclic) bond motifs is 1. The summed E-state index contributed by atoms with van der Waals surface area (Å²) in [6.07, 6.45) is -1.47. The van der Waals surface area contributed by atoms with Gasteiger partial charge in [-0.25, -0.2) is 4.39 Å². The standard InChI is InChI=1S/C14H13FO2/c1-9(15)14(16)12-4-3-11-8-13(17-2)6-5-10(11)7-12/h3-9H,1-2H3. The van der Waals surface area contributed by atoms with Gasteiger partial charge in [-0.3, -0.25) is 4.79 Å². The summed E-state index contributed by atoms with van der Waals surface area (Å²) in [7, 11) is 1.60. The summed E-state index contributed by atoms with van der Waals surface area (Å²) < 4.78 is 18.0. The number of Topliss-reactive ketones (excluding diaryl/α,β-unsaturated/α-hetero) is 1. The molecular weight excluding hydrogens is 219 g/mol. The monoisotopic (exact) mass is 232 g/mol. The van der Waals surface area contributed by atoms with Crippen LogP contribution in [0.15, 0.2) is 36.4 Å². The Bertz CT molecular complexity index is 561. The summed E-state index contributed by atoms with van der Waals surface area (Å²) in [6, 6.07) is 10.7. The van der Waals surface area contributed by atoms with Gasteiger partial charge in [-0.15, -0.1) is 0 Å². The lowest BCUT2D eigenvalue weighted by Crippen LogP contribution is -2.11. The molecule has 0 aliphatic rings. The van der Waals surface area contributed by atoms with Crippen molar-refractivity contribution in [1.82, 2.24) is 0 Å². The van der Waals surface area contributed by atoms with E-state index < -0.39 is 12.0 Å². The normalized spacial score (nSPS) is 12.4. The van der Waals surface area contributed by atoms with Gasteiger partial charge in [0.05, 0.1) is 7.11 Å². The van der Waals surface area contributed by atoms with Crippen molar-refractivity contribution < 1.29 is 13.9 Å². The van der Waals surface area contributed by atoms with E-state index in [1.807, 2.05) is 18.2 Å². The number of methoxy groups -OCH3 is 1. The fraction of sp³-hybridized carbons (Fsp3) is 0.214. The van der Waals surface area contributed by atoms with Crippen LogP contribution in [0.2, 0.25) is 0 Å². The zero-order valence-electron chi connectivity index (χ0n) is 9.74. The van der Waals surface area contributed by atoms with Crippen molar-refractivity contribution >= 4 is 16.6 Å². The topological polar surface area (TPSA) is 26.3 Å². The van der Waals surface area contributed by atoms with Crippen molar-refractivity contribution in [1.29, 1.82) is 0 Å². The molecule has 0 aliphatic heterocycles. The highest BCUT2D eigenvalue weighted by atomic mass is 19.1. The van der Waals surface area contributed by atoms with Crippen molar-refractivity contribution in [2.45, 2.75) is 13.1 Å². The van der Waals surface area contributed by atoms with E-state index in [-0.39, 0.29) is 0 Å². The maximum Gasteiger partial charge on any atom is 0.196 e. The second kappa shape index (κ2) is 4.53. The van der Waals surface area contributed by atoms with E-state index in [0.717, 1.165) is 16.5 Å². The number of benzene rings is 2. The Labute approximate surface area is 99.0 Å². The zero-order valence-corrected chi connectivity index (χ0v) is 9.74. The predicted molar refractivity (Wildman–Crippen MR) is 65.4 cm³/mol. The number of ether oxygens (including phenoxy) is 1. The van der Waals surface area contributed by atoms with E-state index >= 15 is 0 Å². The van der Waals surface area contributed by atoms with E-state index in [2.05, 4.69) is 0 Å². The van der Waals surface area contributed by atoms with Crippen LogP contribution < -0.4 is 4.74 Å². The second-order valence-electron chi connectivity index (χ2n) is 3.91. The summed E-state index contributed by atoms with van der Waals surface area (Å²) in [6.45, 7) is 1.25. The molecule has 0 N–H and O–H groups in total. The number of carbonyl (C=O) groups is 1. The van der Waals surface area contributed by atoms with Crippen LogP contribution in [0, 0.1) is 0 Å². The molecular formula is C14H13FO2. The van der Waals surface area contributed by atoms with Crippen molar-refractivity contribution in [2.24, 2.45) is 0 Å².